The zero-order valence-corrected chi connectivity index (χ0v) is 11.4. The van der Waals surface area contributed by atoms with Crippen LogP contribution in [0.1, 0.15) is 25.7 Å². The number of alkyl halides is 2. The SMILES string of the molecule is COCCCn1ccc(NC(=O)C2CCC(F)(F)C2)n1. The van der Waals surface area contributed by atoms with Crippen LogP contribution in [-0.4, -0.2) is 35.3 Å². The molecule has 7 heteroatoms. The van der Waals surface area contributed by atoms with E-state index >= 15 is 0 Å². The van der Waals surface area contributed by atoms with Gasteiger partial charge in [0.1, 0.15) is 0 Å². The lowest BCUT2D eigenvalue weighted by Gasteiger charge is -2.09. The first-order chi connectivity index (χ1) is 9.50. The Morgan fingerprint density at radius 3 is 3.10 bits per heavy atom. The molecule has 0 saturated heterocycles. The van der Waals surface area contributed by atoms with E-state index in [1.54, 1.807) is 24.1 Å². The van der Waals surface area contributed by atoms with Crippen molar-refractivity contribution in [1.29, 1.82) is 0 Å². The molecule has 1 amide bonds. The number of aryl methyl sites for hydroxylation is 1. The van der Waals surface area contributed by atoms with Crippen molar-refractivity contribution in [2.75, 3.05) is 19.0 Å². The van der Waals surface area contributed by atoms with E-state index in [-0.39, 0.29) is 25.2 Å². The second-order valence-electron chi connectivity index (χ2n) is 5.10. The number of halogens is 2. The van der Waals surface area contributed by atoms with Crippen LogP contribution in [0, 0.1) is 5.92 Å². The first-order valence-electron chi connectivity index (χ1n) is 6.71. The number of rotatable bonds is 6. The van der Waals surface area contributed by atoms with Crippen LogP contribution < -0.4 is 5.32 Å². The summed E-state index contributed by atoms with van der Waals surface area (Å²) in [6.07, 6.45) is 2.21. The zero-order valence-electron chi connectivity index (χ0n) is 11.4. The summed E-state index contributed by atoms with van der Waals surface area (Å²) >= 11 is 0. The van der Waals surface area contributed by atoms with Crippen LogP contribution in [-0.2, 0) is 16.1 Å². The third-order valence-electron chi connectivity index (χ3n) is 3.40. The molecular weight excluding hydrogens is 268 g/mol. The average molecular weight is 287 g/mol. The van der Waals surface area contributed by atoms with Gasteiger partial charge in [-0.1, -0.05) is 0 Å². The third-order valence-corrected chi connectivity index (χ3v) is 3.40. The monoisotopic (exact) mass is 287 g/mol. The number of methoxy groups -OCH3 is 1. The minimum atomic E-state index is -2.71. The highest BCUT2D eigenvalue weighted by Gasteiger charge is 2.42. The van der Waals surface area contributed by atoms with Crippen LogP contribution in [0.15, 0.2) is 12.3 Å². The molecule has 0 spiro atoms. The minimum absolute atomic E-state index is 0.212. The quantitative estimate of drug-likeness (QED) is 0.817. The number of hydrogen-bond acceptors (Lipinski definition) is 3. The molecule has 1 saturated carbocycles. The molecule has 1 aromatic heterocycles. The predicted octanol–water partition coefficient (Wildman–Crippen LogP) is 2.29. The summed E-state index contributed by atoms with van der Waals surface area (Å²) in [4.78, 5) is 11.9. The lowest BCUT2D eigenvalue weighted by molar-refractivity contribution is -0.120. The van der Waals surface area contributed by atoms with Crippen LogP contribution in [0.25, 0.3) is 0 Å². The van der Waals surface area contributed by atoms with Crippen LogP contribution in [0.4, 0.5) is 14.6 Å². The van der Waals surface area contributed by atoms with E-state index in [0.29, 0.717) is 19.0 Å². The fourth-order valence-corrected chi connectivity index (χ4v) is 2.33. The number of anilines is 1. The average Bonchev–Trinajstić information content (AvgIpc) is 2.96. The fourth-order valence-electron chi connectivity index (χ4n) is 2.33. The standard InChI is InChI=1S/C13H19F2N3O2/c1-20-8-2-6-18-7-4-11(17-18)16-12(19)10-3-5-13(14,15)9-10/h4,7,10H,2-3,5-6,8-9H2,1H3,(H,16,17,19). The van der Waals surface area contributed by atoms with Gasteiger partial charge in [-0.25, -0.2) is 8.78 Å². The molecule has 1 heterocycles. The number of nitrogens with zero attached hydrogens (tertiary/aromatic N) is 2. The van der Waals surface area contributed by atoms with E-state index < -0.39 is 11.8 Å². The van der Waals surface area contributed by atoms with E-state index in [0.717, 1.165) is 6.42 Å². The molecule has 0 radical (unpaired) electrons. The second-order valence-corrected chi connectivity index (χ2v) is 5.10. The van der Waals surface area contributed by atoms with E-state index in [1.807, 2.05) is 0 Å². The van der Waals surface area contributed by atoms with Crippen LogP contribution in [0.2, 0.25) is 0 Å². The summed E-state index contributed by atoms with van der Waals surface area (Å²) in [7, 11) is 1.63. The maximum atomic E-state index is 13.1. The Balaban J connectivity index is 1.83. The molecule has 1 aromatic rings. The molecule has 1 fully saturated rings. The summed E-state index contributed by atoms with van der Waals surface area (Å²) in [5, 5.41) is 6.77. The van der Waals surface area contributed by atoms with Crippen molar-refractivity contribution >= 4 is 11.7 Å². The molecule has 1 unspecified atom stereocenters. The maximum Gasteiger partial charge on any atom is 0.248 e. The van der Waals surface area contributed by atoms with Gasteiger partial charge in [0, 0.05) is 51.3 Å². The number of amides is 1. The molecule has 112 valence electrons. The number of aromatic nitrogens is 2. The van der Waals surface area contributed by atoms with E-state index in [4.69, 9.17) is 4.74 Å². The number of ether oxygens (including phenoxy) is 1. The molecule has 1 aliphatic carbocycles. The van der Waals surface area contributed by atoms with Gasteiger partial charge in [-0.3, -0.25) is 9.48 Å². The minimum Gasteiger partial charge on any atom is -0.385 e. The Morgan fingerprint density at radius 2 is 2.45 bits per heavy atom. The van der Waals surface area contributed by atoms with Crippen molar-refractivity contribution < 1.29 is 18.3 Å². The van der Waals surface area contributed by atoms with Crippen molar-refractivity contribution in [3.05, 3.63) is 12.3 Å². The highest BCUT2D eigenvalue weighted by Crippen LogP contribution is 2.39. The lowest BCUT2D eigenvalue weighted by Crippen LogP contribution is -2.22. The molecule has 1 N–H and O–H groups in total. The summed E-state index contributed by atoms with van der Waals surface area (Å²) in [5.74, 6) is -3.29. The molecule has 1 atom stereocenters. The summed E-state index contributed by atoms with van der Waals surface area (Å²) in [5.41, 5.74) is 0. The number of carbonyl (C=O) groups is 1. The molecule has 0 aliphatic heterocycles. The molecule has 5 nitrogen and oxygen atoms in total. The predicted molar refractivity (Wildman–Crippen MR) is 69.6 cm³/mol. The van der Waals surface area contributed by atoms with E-state index in [9.17, 15) is 13.6 Å². The number of carbonyl (C=O) groups excluding carboxylic acids is 1. The van der Waals surface area contributed by atoms with Crippen LogP contribution in [0.5, 0.6) is 0 Å². The smallest absolute Gasteiger partial charge is 0.248 e. The molecule has 2 rings (SSSR count). The van der Waals surface area contributed by atoms with Crippen molar-refractivity contribution in [2.45, 2.75) is 38.2 Å². The Morgan fingerprint density at radius 1 is 1.65 bits per heavy atom. The van der Waals surface area contributed by atoms with E-state index in [1.165, 1.54) is 0 Å². The first-order valence-corrected chi connectivity index (χ1v) is 6.71. The highest BCUT2D eigenvalue weighted by atomic mass is 19.3. The van der Waals surface area contributed by atoms with Gasteiger partial charge in [0.15, 0.2) is 5.82 Å². The van der Waals surface area contributed by atoms with Gasteiger partial charge < -0.3 is 10.1 Å². The van der Waals surface area contributed by atoms with Crippen LogP contribution in [0.3, 0.4) is 0 Å². The van der Waals surface area contributed by atoms with Crippen LogP contribution >= 0.6 is 0 Å². The highest BCUT2D eigenvalue weighted by molar-refractivity contribution is 5.91. The fraction of sp³-hybridized carbons (Fsp3) is 0.692. The normalized spacial score (nSPS) is 21.1. The van der Waals surface area contributed by atoms with Gasteiger partial charge in [0.25, 0.3) is 0 Å². The molecule has 0 aromatic carbocycles. The third kappa shape index (κ3) is 4.00. The van der Waals surface area contributed by atoms with Gasteiger partial charge in [-0.15, -0.1) is 0 Å². The Labute approximate surface area is 116 Å². The Hall–Kier alpha value is -1.50. The Kier molecular flexibility index (Phi) is 4.69. The number of hydrogen-bond donors (Lipinski definition) is 1. The summed E-state index contributed by atoms with van der Waals surface area (Å²) in [6.45, 7) is 1.32. The Bertz CT molecular complexity index is 462. The molecular formula is C13H19F2N3O2. The van der Waals surface area contributed by atoms with Gasteiger partial charge in [-0.2, -0.15) is 5.10 Å². The first kappa shape index (κ1) is 14.9. The van der Waals surface area contributed by atoms with Gasteiger partial charge in [0.2, 0.25) is 11.8 Å². The van der Waals surface area contributed by atoms with Crippen molar-refractivity contribution in [1.82, 2.24) is 9.78 Å². The van der Waals surface area contributed by atoms with Gasteiger partial charge in [-0.05, 0) is 12.8 Å². The maximum absolute atomic E-state index is 13.1. The van der Waals surface area contributed by atoms with Crippen molar-refractivity contribution in [3.8, 4) is 0 Å². The largest absolute Gasteiger partial charge is 0.385 e. The molecule has 1 aliphatic rings. The van der Waals surface area contributed by atoms with Crippen molar-refractivity contribution in [2.24, 2.45) is 5.92 Å². The summed E-state index contributed by atoms with van der Waals surface area (Å²) in [6, 6.07) is 1.66. The summed E-state index contributed by atoms with van der Waals surface area (Å²) < 4.78 is 32.8. The molecule has 20 heavy (non-hydrogen) atoms. The second kappa shape index (κ2) is 6.30. The number of nitrogens with one attached hydrogen (secondary N) is 1. The van der Waals surface area contributed by atoms with Gasteiger partial charge >= 0.3 is 0 Å². The van der Waals surface area contributed by atoms with Gasteiger partial charge in [0.05, 0.1) is 0 Å². The topological polar surface area (TPSA) is 56.1 Å². The van der Waals surface area contributed by atoms with Crippen molar-refractivity contribution in [3.63, 3.8) is 0 Å². The lowest BCUT2D eigenvalue weighted by atomic mass is 10.1. The zero-order chi connectivity index (χ0) is 14.6. The molecule has 0 bridgehead atoms. The van der Waals surface area contributed by atoms with E-state index in [2.05, 4.69) is 10.4 Å².